The Labute approximate surface area is 165 Å². The maximum absolute atomic E-state index is 12.8. The molecule has 142 valence electrons. The van der Waals surface area contributed by atoms with Gasteiger partial charge in [-0.2, -0.15) is 0 Å². The Morgan fingerprint density at radius 2 is 1.57 bits per heavy atom. The average Bonchev–Trinajstić information content (AvgIpc) is 3.57. The topological polar surface area (TPSA) is 48.5 Å². The number of nitrogens with zero attached hydrogens (tertiary/aromatic N) is 3. The number of rotatable bonds is 4. The van der Waals surface area contributed by atoms with E-state index in [1.54, 1.807) is 0 Å². The lowest BCUT2D eigenvalue weighted by Crippen LogP contribution is -2.46. The van der Waals surface area contributed by atoms with Crippen LogP contribution in [0.1, 0.15) is 23.2 Å². The fourth-order valence-electron chi connectivity index (χ4n) is 3.83. The summed E-state index contributed by atoms with van der Waals surface area (Å²) >= 11 is 0. The molecule has 5 heteroatoms. The van der Waals surface area contributed by atoms with Gasteiger partial charge in [-0.05, 0) is 37.1 Å². The average molecular weight is 372 g/mol. The number of piperazine rings is 1. The monoisotopic (exact) mass is 372 g/mol. The quantitative estimate of drug-likeness (QED) is 0.762. The Kier molecular flexibility index (Phi) is 4.35. The van der Waals surface area contributed by atoms with Crippen molar-refractivity contribution in [3.05, 3.63) is 66.2 Å². The number of benzene rings is 2. The highest BCUT2D eigenvalue weighted by Gasteiger charge is 2.26. The molecule has 0 atom stereocenters. The molecule has 3 aromatic rings. The maximum atomic E-state index is 12.8. The molecule has 1 saturated carbocycles. The highest BCUT2D eigenvalue weighted by molar-refractivity contribution is 6.07. The van der Waals surface area contributed by atoms with Gasteiger partial charge >= 0.3 is 0 Å². The number of amides is 1. The molecule has 5 rings (SSSR count). The van der Waals surface area contributed by atoms with Crippen molar-refractivity contribution in [2.45, 2.75) is 18.9 Å². The number of anilines is 2. The van der Waals surface area contributed by atoms with Crippen molar-refractivity contribution in [1.82, 2.24) is 10.3 Å². The highest BCUT2D eigenvalue weighted by Crippen LogP contribution is 2.26. The van der Waals surface area contributed by atoms with Crippen molar-refractivity contribution in [1.29, 1.82) is 0 Å². The normalized spacial score (nSPS) is 17.0. The van der Waals surface area contributed by atoms with Crippen LogP contribution in [0, 0.1) is 0 Å². The van der Waals surface area contributed by atoms with Crippen LogP contribution in [0.5, 0.6) is 0 Å². The molecule has 2 aromatic carbocycles. The van der Waals surface area contributed by atoms with E-state index in [4.69, 9.17) is 4.98 Å². The summed E-state index contributed by atoms with van der Waals surface area (Å²) in [5, 5.41) is 4.05. The lowest BCUT2D eigenvalue weighted by atomic mass is 10.1. The number of pyridine rings is 1. The van der Waals surface area contributed by atoms with Gasteiger partial charge in [0.15, 0.2) is 0 Å². The number of aromatic nitrogens is 1. The Morgan fingerprint density at radius 1 is 0.893 bits per heavy atom. The minimum atomic E-state index is 0.0188. The summed E-state index contributed by atoms with van der Waals surface area (Å²) in [5.41, 5.74) is 2.88. The molecule has 0 spiro atoms. The molecule has 1 amide bonds. The van der Waals surface area contributed by atoms with Gasteiger partial charge in [-0.3, -0.25) is 4.79 Å². The van der Waals surface area contributed by atoms with Gasteiger partial charge in [-0.1, -0.05) is 36.4 Å². The third-order valence-corrected chi connectivity index (χ3v) is 5.58. The number of nitrogens with one attached hydrogen (secondary N) is 1. The third kappa shape index (κ3) is 3.40. The fourth-order valence-corrected chi connectivity index (χ4v) is 3.83. The Bertz CT molecular complexity index is 992. The smallest absolute Gasteiger partial charge is 0.252 e. The van der Waals surface area contributed by atoms with Gasteiger partial charge in [-0.25, -0.2) is 4.98 Å². The Balaban J connectivity index is 1.40. The molecular formula is C23H24N4O. The summed E-state index contributed by atoms with van der Waals surface area (Å²) in [7, 11) is 0. The van der Waals surface area contributed by atoms with E-state index in [9.17, 15) is 4.79 Å². The van der Waals surface area contributed by atoms with E-state index in [-0.39, 0.29) is 5.91 Å². The summed E-state index contributed by atoms with van der Waals surface area (Å²) in [6, 6.07) is 20.8. The van der Waals surface area contributed by atoms with Crippen molar-refractivity contribution in [2.24, 2.45) is 0 Å². The molecule has 0 unspecified atom stereocenters. The predicted molar refractivity (Wildman–Crippen MR) is 113 cm³/mol. The van der Waals surface area contributed by atoms with Gasteiger partial charge in [-0.15, -0.1) is 0 Å². The van der Waals surface area contributed by atoms with Crippen molar-refractivity contribution in [3.8, 4) is 0 Å². The van der Waals surface area contributed by atoms with Crippen LogP contribution in [0.15, 0.2) is 60.7 Å². The van der Waals surface area contributed by atoms with E-state index in [1.165, 1.54) is 5.69 Å². The van der Waals surface area contributed by atoms with Crippen LogP contribution in [0.3, 0.4) is 0 Å². The minimum absolute atomic E-state index is 0.0188. The molecule has 28 heavy (non-hydrogen) atoms. The first-order valence-corrected chi connectivity index (χ1v) is 10.0. The standard InChI is InChI=1S/C23H24N4O/c28-23(24-17-10-11-17)20-16-22(25-21-9-5-4-8-19(20)21)27-14-12-26(13-15-27)18-6-2-1-3-7-18/h1-9,16-17H,10-15H2,(H,24,28). The fraction of sp³-hybridized carbons (Fsp3) is 0.304. The molecule has 1 aliphatic heterocycles. The van der Waals surface area contributed by atoms with E-state index in [1.807, 2.05) is 36.4 Å². The van der Waals surface area contributed by atoms with Crippen molar-refractivity contribution in [2.75, 3.05) is 36.0 Å². The molecule has 1 N–H and O–H groups in total. The van der Waals surface area contributed by atoms with Gasteiger partial charge in [0.05, 0.1) is 11.1 Å². The maximum Gasteiger partial charge on any atom is 0.252 e. The van der Waals surface area contributed by atoms with Crippen molar-refractivity contribution < 1.29 is 4.79 Å². The molecule has 0 radical (unpaired) electrons. The summed E-state index contributed by atoms with van der Waals surface area (Å²) < 4.78 is 0. The van der Waals surface area contributed by atoms with Crippen LogP contribution in [-0.2, 0) is 0 Å². The molecule has 2 fully saturated rings. The van der Waals surface area contributed by atoms with Crippen molar-refractivity contribution in [3.63, 3.8) is 0 Å². The van der Waals surface area contributed by atoms with Crippen LogP contribution in [0.25, 0.3) is 10.9 Å². The van der Waals surface area contributed by atoms with E-state index in [2.05, 4.69) is 39.4 Å². The van der Waals surface area contributed by atoms with Crippen LogP contribution >= 0.6 is 0 Å². The van der Waals surface area contributed by atoms with Crippen molar-refractivity contribution >= 4 is 28.3 Å². The molecular weight excluding hydrogens is 348 g/mol. The van der Waals surface area contributed by atoms with E-state index >= 15 is 0 Å². The highest BCUT2D eigenvalue weighted by atomic mass is 16.1. The summed E-state index contributed by atoms with van der Waals surface area (Å²) in [4.78, 5) is 22.4. The Morgan fingerprint density at radius 3 is 2.32 bits per heavy atom. The number of carbonyl (C=O) groups excluding carboxylic acids is 1. The summed E-state index contributed by atoms with van der Waals surface area (Å²) in [6.07, 6.45) is 2.17. The lowest BCUT2D eigenvalue weighted by Gasteiger charge is -2.37. The van der Waals surface area contributed by atoms with E-state index < -0.39 is 0 Å². The zero-order valence-electron chi connectivity index (χ0n) is 15.8. The predicted octanol–water partition coefficient (Wildman–Crippen LogP) is 3.45. The lowest BCUT2D eigenvalue weighted by molar-refractivity contribution is 0.0952. The molecule has 2 heterocycles. The second-order valence-corrected chi connectivity index (χ2v) is 7.60. The van der Waals surface area contributed by atoms with E-state index in [0.29, 0.717) is 6.04 Å². The first kappa shape index (κ1) is 17.0. The molecule has 1 aromatic heterocycles. The number of fused-ring (bicyclic) bond motifs is 1. The van der Waals surface area contributed by atoms with Crippen LogP contribution in [0.4, 0.5) is 11.5 Å². The van der Waals surface area contributed by atoms with Gasteiger partial charge < -0.3 is 15.1 Å². The third-order valence-electron chi connectivity index (χ3n) is 5.58. The largest absolute Gasteiger partial charge is 0.368 e. The van der Waals surface area contributed by atoms with Gasteiger partial charge in [0.2, 0.25) is 0 Å². The number of hydrogen-bond acceptors (Lipinski definition) is 4. The van der Waals surface area contributed by atoms with Gasteiger partial charge in [0.1, 0.15) is 5.82 Å². The van der Waals surface area contributed by atoms with Crippen LogP contribution in [0.2, 0.25) is 0 Å². The molecule has 0 bridgehead atoms. The number of para-hydroxylation sites is 2. The molecule has 1 saturated heterocycles. The second kappa shape index (κ2) is 7.15. The van der Waals surface area contributed by atoms with Crippen LogP contribution in [-0.4, -0.2) is 43.1 Å². The minimum Gasteiger partial charge on any atom is -0.368 e. The molecule has 1 aliphatic carbocycles. The zero-order chi connectivity index (χ0) is 18.9. The first-order chi connectivity index (χ1) is 13.8. The Hall–Kier alpha value is -3.08. The molecule has 2 aliphatic rings. The molecule has 5 nitrogen and oxygen atoms in total. The summed E-state index contributed by atoms with van der Waals surface area (Å²) in [6.45, 7) is 3.68. The van der Waals surface area contributed by atoms with Gasteiger partial charge in [0, 0.05) is 43.3 Å². The second-order valence-electron chi connectivity index (χ2n) is 7.60. The summed E-state index contributed by atoms with van der Waals surface area (Å²) in [5.74, 6) is 0.914. The number of carbonyl (C=O) groups is 1. The van der Waals surface area contributed by atoms with Crippen LogP contribution < -0.4 is 15.1 Å². The number of hydrogen-bond donors (Lipinski definition) is 1. The van der Waals surface area contributed by atoms with E-state index in [0.717, 1.165) is 61.3 Å². The van der Waals surface area contributed by atoms with Gasteiger partial charge in [0.25, 0.3) is 5.91 Å². The SMILES string of the molecule is O=C(NC1CC1)c1cc(N2CCN(c3ccccc3)CC2)nc2ccccc12. The zero-order valence-corrected chi connectivity index (χ0v) is 15.8. The first-order valence-electron chi connectivity index (χ1n) is 10.0.